The summed E-state index contributed by atoms with van der Waals surface area (Å²) in [6.45, 7) is 0. The van der Waals surface area contributed by atoms with Crippen molar-refractivity contribution in [2.24, 2.45) is 5.41 Å². The summed E-state index contributed by atoms with van der Waals surface area (Å²) in [5.74, 6) is 0.513. The van der Waals surface area contributed by atoms with Gasteiger partial charge in [-0.15, -0.1) is 0 Å². The van der Waals surface area contributed by atoms with Crippen LogP contribution in [-0.4, -0.2) is 36.0 Å². The fourth-order valence-electron chi connectivity index (χ4n) is 5.25. The number of carbonyl (C=O) groups is 2. The van der Waals surface area contributed by atoms with E-state index in [0.717, 1.165) is 22.3 Å². The summed E-state index contributed by atoms with van der Waals surface area (Å²) in [6.07, 6.45) is 1.71. The van der Waals surface area contributed by atoms with Crippen LogP contribution >= 0.6 is 0 Å². The summed E-state index contributed by atoms with van der Waals surface area (Å²) in [6, 6.07) is 29.4. The molecule has 0 spiro atoms. The van der Waals surface area contributed by atoms with E-state index in [1.807, 2.05) is 60.7 Å². The van der Waals surface area contributed by atoms with Crippen LogP contribution in [0.15, 0.2) is 97.1 Å². The molecule has 0 amide bonds. The van der Waals surface area contributed by atoms with Gasteiger partial charge in [-0.2, -0.15) is 0 Å². The molecule has 0 saturated carbocycles. The van der Waals surface area contributed by atoms with E-state index in [-0.39, 0.29) is 48.7 Å². The summed E-state index contributed by atoms with van der Waals surface area (Å²) in [4.78, 5) is 28.6. The molecule has 212 valence electrons. The van der Waals surface area contributed by atoms with Crippen molar-refractivity contribution in [1.29, 1.82) is 0 Å². The average molecular weight is 553 g/mol. The predicted molar refractivity (Wildman–Crippen MR) is 159 cm³/mol. The van der Waals surface area contributed by atoms with Crippen LogP contribution < -0.4 is 9.47 Å². The van der Waals surface area contributed by atoms with Crippen molar-refractivity contribution in [3.8, 4) is 23.0 Å². The number of methoxy groups -OCH3 is 2. The second-order valence-corrected chi connectivity index (χ2v) is 10.3. The van der Waals surface area contributed by atoms with Crippen LogP contribution in [0.5, 0.6) is 23.0 Å². The Morgan fingerprint density at radius 1 is 0.585 bits per heavy atom. The van der Waals surface area contributed by atoms with E-state index < -0.39 is 5.41 Å². The maximum Gasteiger partial charge on any atom is 0.160 e. The maximum atomic E-state index is 14.3. The lowest BCUT2D eigenvalue weighted by Gasteiger charge is -2.32. The van der Waals surface area contributed by atoms with Crippen molar-refractivity contribution in [1.82, 2.24) is 0 Å². The zero-order valence-corrected chi connectivity index (χ0v) is 23.5. The molecule has 6 heteroatoms. The van der Waals surface area contributed by atoms with E-state index in [1.165, 1.54) is 14.2 Å². The van der Waals surface area contributed by atoms with Crippen molar-refractivity contribution >= 4 is 11.6 Å². The molecule has 0 fully saturated rings. The van der Waals surface area contributed by atoms with Gasteiger partial charge >= 0.3 is 0 Å². The molecule has 0 aliphatic rings. The molecule has 0 aliphatic carbocycles. The van der Waals surface area contributed by atoms with Crippen molar-refractivity contribution < 1.29 is 29.3 Å². The first kappa shape index (κ1) is 29.4. The predicted octanol–water partition coefficient (Wildman–Crippen LogP) is 6.29. The van der Waals surface area contributed by atoms with Crippen LogP contribution in [0.2, 0.25) is 0 Å². The Morgan fingerprint density at radius 2 is 0.976 bits per heavy atom. The molecule has 4 aromatic carbocycles. The Kier molecular flexibility index (Phi) is 9.80. The summed E-state index contributed by atoms with van der Waals surface area (Å²) in [7, 11) is 2.97. The van der Waals surface area contributed by atoms with Gasteiger partial charge in [-0.1, -0.05) is 72.8 Å². The second-order valence-electron chi connectivity index (χ2n) is 10.3. The van der Waals surface area contributed by atoms with Crippen molar-refractivity contribution in [2.45, 2.75) is 38.5 Å². The first-order valence-corrected chi connectivity index (χ1v) is 13.7. The lowest BCUT2D eigenvalue weighted by Crippen LogP contribution is -2.44. The summed E-state index contributed by atoms with van der Waals surface area (Å²) < 4.78 is 10.5. The van der Waals surface area contributed by atoms with Gasteiger partial charge in [0.1, 0.15) is 11.6 Å². The van der Waals surface area contributed by atoms with Crippen LogP contribution in [0, 0.1) is 5.41 Å². The van der Waals surface area contributed by atoms with Crippen LogP contribution in [0.1, 0.15) is 35.1 Å². The Labute approximate surface area is 241 Å². The van der Waals surface area contributed by atoms with Crippen molar-refractivity contribution in [3.05, 3.63) is 119 Å². The zero-order valence-electron chi connectivity index (χ0n) is 23.5. The van der Waals surface area contributed by atoms with E-state index in [4.69, 9.17) is 9.47 Å². The molecule has 6 nitrogen and oxygen atoms in total. The third-order valence-electron chi connectivity index (χ3n) is 7.53. The summed E-state index contributed by atoms with van der Waals surface area (Å²) in [5.41, 5.74) is 2.24. The molecule has 2 N–H and O–H groups in total. The molecule has 4 aromatic rings. The van der Waals surface area contributed by atoms with Gasteiger partial charge in [0.05, 0.1) is 19.6 Å². The standard InChI is InChI=1S/C35H36O6/c1-40-31-21-25(13-17-29(31)36)15-19-33(38)35(23-27-9-5-3-6-10-27,24-28-11-7-4-8-12-28)34(39)20-16-26-14-18-30(37)32(22-26)41-2/h3-14,17-18,21-22,36-37H,15-16,19-20,23-24H2,1-2H3. The van der Waals surface area contributed by atoms with E-state index in [2.05, 4.69) is 0 Å². The molecular formula is C35H36O6. The normalized spacial score (nSPS) is 11.2. The average Bonchev–Trinajstić information content (AvgIpc) is 3.00. The van der Waals surface area contributed by atoms with E-state index in [1.54, 1.807) is 36.4 Å². The van der Waals surface area contributed by atoms with Gasteiger partial charge in [-0.25, -0.2) is 0 Å². The molecule has 0 saturated heterocycles. The number of hydrogen-bond donors (Lipinski definition) is 2. The number of benzene rings is 4. The molecule has 0 aliphatic heterocycles. The fourth-order valence-corrected chi connectivity index (χ4v) is 5.25. The number of aryl methyl sites for hydroxylation is 2. The highest BCUT2D eigenvalue weighted by Crippen LogP contribution is 2.35. The van der Waals surface area contributed by atoms with Gasteiger partial charge in [0.2, 0.25) is 0 Å². The van der Waals surface area contributed by atoms with Crippen LogP contribution in [0.25, 0.3) is 0 Å². The largest absolute Gasteiger partial charge is 0.504 e. The van der Waals surface area contributed by atoms with Gasteiger partial charge in [-0.05, 0) is 72.2 Å². The number of rotatable bonds is 14. The molecule has 0 radical (unpaired) electrons. The van der Waals surface area contributed by atoms with Gasteiger partial charge in [0, 0.05) is 12.8 Å². The minimum absolute atomic E-state index is 0.0334. The molecule has 4 rings (SSSR count). The van der Waals surface area contributed by atoms with E-state index in [9.17, 15) is 19.8 Å². The number of carbonyl (C=O) groups excluding carboxylic acids is 2. The minimum atomic E-state index is -1.27. The Hall–Kier alpha value is -4.58. The number of phenols is 2. The monoisotopic (exact) mass is 552 g/mol. The third kappa shape index (κ3) is 7.34. The van der Waals surface area contributed by atoms with Gasteiger partial charge in [0.15, 0.2) is 23.0 Å². The van der Waals surface area contributed by atoms with Gasteiger partial charge in [0.25, 0.3) is 0 Å². The number of Topliss-reactive ketones (excluding diaryl/α,β-unsaturated/α-hetero) is 2. The van der Waals surface area contributed by atoms with E-state index in [0.29, 0.717) is 24.3 Å². The minimum Gasteiger partial charge on any atom is -0.504 e. The highest BCUT2D eigenvalue weighted by atomic mass is 16.5. The smallest absolute Gasteiger partial charge is 0.160 e. The number of aromatic hydroxyl groups is 2. The highest BCUT2D eigenvalue weighted by molar-refractivity contribution is 6.07. The second kappa shape index (κ2) is 13.7. The SMILES string of the molecule is COc1cc(CCC(=O)C(Cc2ccccc2)(Cc2ccccc2)C(=O)CCc2ccc(O)c(OC)c2)ccc1O. The van der Waals surface area contributed by atoms with Crippen LogP contribution in [-0.2, 0) is 35.3 Å². The van der Waals surface area contributed by atoms with Crippen molar-refractivity contribution in [2.75, 3.05) is 14.2 Å². The highest BCUT2D eigenvalue weighted by Gasteiger charge is 2.44. The zero-order chi connectivity index (χ0) is 29.2. The van der Waals surface area contributed by atoms with E-state index >= 15 is 0 Å². The van der Waals surface area contributed by atoms with Crippen molar-refractivity contribution in [3.63, 3.8) is 0 Å². The molecule has 0 heterocycles. The Morgan fingerprint density at radius 3 is 1.34 bits per heavy atom. The maximum absolute atomic E-state index is 14.3. The summed E-state index contributed by atoms with van der Waals surface area (Å²) in [5, 5.41) is 20.0. The van der Waals surface area contributed by atoms with Gasteiger partial charge < -0.3 is 19.7 Å². The first-order chi connectivity index (χ1) is 19.8. The lowest BCUT2D eigenvalue weighted by molar-refractivity contribution is -0.141. The summed E-state index contributed by atoms with van der Waals surface area (Å²) >= 11 is 0. The molecular weight excluding hydrogens is 516 g/mol. The Bertz CT molecular complexity index is 1350. The fraction of sp³-hybridized carbons (Fsp3) is 0.257. The number of ether oxygens (including phenoxy) is 2. The molecule has 0 bridgehead atoms. The Balaban J connectivity index is 1.68. The number of phenolic OH excluding ortho intramolecular Hbond substituents is 2. The number of hydrogen-bond acceptors (Lipinski definition) is 6. The van der Waals surface area contributed by atoms with Crippen LogP contribution in [0.3, 0.4) is 0 Å². The molecule has 41 heavy (non-hydrogen) atoms. The lowest BCUT2D eigenvalue weighted by atomic mass is 9.68. The topological polar surface area (TPSA) is 93.1 Å². The quantitative estimate of drug-likeness (QED) is 0.179. The molecule has 0 unspecified atom stereocenters. The molecule has 0 aromatic heterocycles. The number of ketones is 2. The first-order valence-electron chi connectivity index (χ1n) is 13.7. The third-order valence-corrected chi connectivity index (χ3v) is 7.53. The van der Waals surface area contributed by atoms with Gasteiger partial charge in [-0.3, -0.25) is 9.59 Å². The van der Waals surface area contributed by atoms with Crippen LogP contribution in [0.4, 0.5) is 0 Å². The molecule has 0 atom stereocenters.